The second kappa shape index (κ2) is 7.82. The van der Waals surface area contributed by atoms with Gasteiger partial charge in [-0.1, -0.05) is 32.9 Å². The maximum Gasteiger partial charge on any atom is 0.257 e. The van der Waals surface area contributed by atoms with Crippen molar-refractivity contribution in [3.8, 4) is 5.75 Å². The quantitative estimate of drug-likeness (QED) is 0.848. The zero-order valence-electron chi connectivity index (χ0n) is 14.9. The first-order valence-corrected chi connectivity index (χ1v) is 8.60. The second-order valence-corrected chi connectivity index (χ2v) is 7.32. The Balaban J connectivity index is 1.86. The number of aryl methyl sites for hydroxylation is 1. The molecule has 2 rings (SSSR count). The lowest BCUT2D eigenvalue weighted by Crippen LogP contribution is -2.43. The third-order valence-corrected chi connectivity index (χ3v) is 4.67. The number of amides is 1. The van der Waals surface area contributed by atoms with E-state index < -0.39 is 0 Å². The average Bonchev–Trinajstić information content (AvgIpc) is 2.51. The van der Waals surface area contributed by atoms with Gasteiger partial charge in [-0.25, -0.2) is 0 Å². The topological polar surface area (TPSA) is 50.4 Å². The Morgan fingerprint density at radius 3 is 2.70 bits per heavy atom. The maximum absolute atomic E-state index is 12.1. The van der Waals surface area contributed by atoms with Crippen molar-refractivity contribution in [2.24, 2.45) is 5.41 Å². The van der Waals surface area contributed by atoms with Crippen molar-refractivity contribution in [2.45, 2.75) is 46.5 Å². The third kappa shape index (κ3) is 5.24. The van der Waals surface area contributed by atoms with Gasteiger partial charge in [0.2, 0.25) is 0 Å². The minimum atomic E-state index is -0.0408. The molecule has 23 heavy (non-hydrogen) atoms. The molecular formula is C19H30N2O2. The number of hydrogen-bond acceptors (Lipinski definition) is 3. The summed E-state index contributed by atoms with van der Waals surface area (Å²) < 4.78 is 5.79. The van der Waals surface area contributed by atoms with Crippen LogP contribution in [0.2, 0.25) is 0 Å². The van der Waals surface area contributed by atoms with Gasteiger partial charge in [-0.15, -0.1) is 0 Å². The van der Waals surface area contributed by atoms with E-state index in [0.29, 0.717) is 5.92 Å². The van der Waals surface area contributed by atoms with E-state index in [0.717, 1.165) is 49.4 Å². The molecule has 0 aromatic heterocycles. The molecule has 0 atom stereocenters. The average molecular weight is 318 g/mol. The summed E-state index contributed by atoms with van der Waals surface area (Å²) in [4.78, 5) is 12.1. The van der Waals surface area contributed by atoms with Gasteiger partial charge in [-0.2, -0.15) is 0 Å². The molecule has 1 saturated heterocycles. The van der Waals surface area contributed by atoms with Gasteiger partial charge in [0, 0.05) is 6.54 Å². The summed E-state index contributed by atoms with van der Waals surface area (Å²) in [5, 5.41) is 6.39. The van der Waals surface area contributed by atoms with E-state index in [4.69, 9.17) is 4.74 Å². The fraction of sp³-hybridized carbons (Fsp3) is 0.632. The molecule has 0 saturated carbocycles. The van der Waals surface area contributed by atoms with Crippen molar-refractivity contribution < 1.29 is 9.53 Å². The van der Waals surface area contributed by atoms with Crippen molar-refractivity contribution >= 4 is 5.91 Å². The van der Waals surface area contributed by atoms with Gasteiger partial charge in [0.05, 0.1) is 0 Å². The normalized spacial score (nSPS) is 17.1. The first-order valence-electron chi connectivity index (χ1n) is 8.60. The molecule has 0 aliphatic carbocycles. The number of benzene rings is 1. The van der Waals surface area contributed by atoms with Crippen molar-refractivity contribution in [2.75, 3.05) is 26.2 Å². The molecule has 1 aromatic carbocycles. The fourth-order valence-electron chi connectivity index (χ4n) is 2.96. The summed E-state index contributed by atoms with van der Waals surface area (Å²) in [5.41, 5.74) is 2.49. The Morgan fingerprint density at radius 2 is 2.04 bits per heavy atom. The summed E-state index contributed by atoms with van der Waals surface area (Å²) in [5.74, 6) is 1.16. The van der Waals surface area contributed by atoms with Crippen LogP contribution in [-0.2, 0) is 4.79 Å². The Morgan fingerprint density at radius 1 is 1.35 bits per heavy atom. The number of hydrogen-bond donors (Lipinski definition) is 2. The van der Waals surface area contributed by atoms with E-state index in [1.165, 1.54) is 0 Å². The molecule has 1 aliphatic heterocycles. The van der Waals surface area contributed by atoms with Crippen LogP contribution in [0.1, 0.15) is 50.7 Å². The van der Waals surface area contributed by atoms with E-state index >= 15 is 0 Å². The van der Waals surface area contributed by atoms with Crippen LogP contribution < -0.4 is 15.4 Å². The van der Waals surface area contributed by atoms with E-state index in [2.05, 4.69) is 43.5 Å². The molecule has 1 aliphatic rings. The lowest BCUT2D eigenvalue weighted by molar-refractivity contribution is -0.123. The zero-order chi connectivity index (χ0) is 16.9. The van der Waals surface area contributed by atoms with Crippen LogP contribution in [-0.4, -0.2) is 32.1 Å². The minimum Gasteiger partial charge on any atom is -0.483 e. The molecule has 4 nitrogen and oxygen atoms in total. The van der Waals surface area contributed by atoms with E-state index in [1.807, 2.05) is 13.0 Å². The highest BCUT2D eigenvalue weighted by atomic mass is 16.5. The van der Waals surface area contributed by atoms with Gasteiger partial charge in [0.25, 0.3) is 5.91 Å². The van der Waals surface area contributed by atoms with Gasteiger partial charge in [0.15, 0.2) is 6.61 Å². The Hall–Kier alpha value is -1.55. The second-order valence-electron chi connectivity index (χ2n) is 7.32. The smallest absolute Gasteiger partial charge is 0.257 e. The number of carbonyl (C=O) groups is 1. The molecule has 0 radical (unpaired) electrons. The lowest BCUT2D eigenvalue weighted by Gasteiger charge is -2.34. The molecule has 1 amide bonds. The Bertz CT molecular complexity index is 534. The SMILES string of the molecule is Cc1ccc(C(C)C)c(OCC(=O)NCC2(C)CCNCC2)c1. The predicted octanol–water partition coefficient (Wildman–Crippen LogP) is 3.00. The summed E-state index contributed by atoms with van der Waals surface area (Å²) in [7, 11) is 0. The van der Waals surface area contributed by atoms with Crippen molar-refractivity contribution in [1.29, 1.82) is 0 Å². The molecular weight excluding hydrogens is 288 g/mol. The maximum atomic E-state index is 12.1. The van der Waals surface area contributed by atoms with Crippen LogP contribution in [0, 0.1) is 12.3 Å². The van der Waals surface area contributed by atoms with Crippen LogP contribution in [0.4, 0.5) is 0 Å². The number of carbonyl (C=O) groups excluding carboxylic acids is 1. The highest BCUT2D eigenvalue weighted by molar-refractivity contribution is 5.77. The molecule has 1 aromatic rings. The molecule has 2 N–H and O–H groups in total. The van der Waals surface area contributed by atoms with Gasteiger partial charge in [-0.05, 0) is 61.4 Å². The molecule has 1 fully saturated rings. The first-order chi connectivity index (χ1) is 10.9. The molecule has 4 heteroatoms. The van der Waals surface area contributed by atoms with Gasteiger partial charge >= 0.3 is 0 Å². The van der Waals surface area contributed by atoms with Crippen LogP contribution in [0.3, 0.4) is 0 Å². The predicted molar refractivity (Wildman–Crippen MR) is 94.0 cm³/mol. The van der Waals surface area contributed by atoms with Crippen molar-refractivity contribution in [1.82, 2.24) is 10.6 Å². The third-order valence-electron chi connectivity index (χ3n) is 4.67. The molecule has 0 unspecified atom stereocenters. The highest BCUT2D eigenvalue weighted by Gasteiger charge is 2.27. The summed E-state index contributed by atoms with van der Waals surface area (Å²) in [6, 6.07) is 6.18. The van der Waals surface area contributed by atoms with Gasteiger partial charge in [-0.3, -0.25) is 4.79 Å². The van der Waals surface area contributed by atoms with Crippen molar-refractivity contribution in [3.05, 3.63) is 29.3 Å². The zero-order valence-corrected chi connectivity index (χ0v) is 14.9. The molecule has 0 spiro atoms. The Labute approximate surface area is 140 Å². The van der Waals surface area contributed by atoms with E-state index in [9.17, 15) is 4.79 Å². The summed E-state index contributed by atoms with van der Waals surface area (Å²) >= 11 is 0. The van der Waals surface area contributed by atoms with Crippen LogP contribution in [0.25, 0.3) is 0 Å². The fourth-order valence-corrected chi connectivity index (χ4v) is 2.96. The lowest BCUT2D eigenvalue weighted by atomic mass is 9.81. The largest absolute Gasteiger partial charge is 0.483 e. The number of ether oxygens (including phenoxy) is 1. The summed E-state index contributed by atoms with van der Waals surface area (Å²) in [6.07, 6.45) is 2.20. The standard InChI is InChI=1S/C19H30N2O2/c1-14(2)16-6-5-15(3)11-17(16)23-12-18(22)21-13-19(4)7-9-20-10-8-19/h5-6,11,14,20H,7-10,12-13H2,1-4H3,(H,21,22). The Kier molecular flexibility index (Phi) is 6.05. The van der Waals surface area contributed by atoms with Crippen LogP contribution in [0.5, 0.6) is 5.75 Å². The number of piperidine rings is 1. The monoisotopic (exact) mass is 318 g/mol. The van der Waals surface area contributed by atoms with Gasteiger partial charge < -0.3 is 15.4 Å². The molecule has 0 bridgehead atoms. The molecule has 1 heterocycles. The van der Waals surface area contributed by atoms with Crippen LogP contribution >= 0.6 is 0 Å². The highest BCUT2D eigenvalue weighted by Crippen LogP contribution is 2.28. The van der Waals surface area contributed by atoms with E-state index in [1.54, 1.807) is 0 Å². The summed E-state index contributed by atoms with van der Waals surface area (Å²) in [6.45, 7) is 11.4. The van der Waals surface area contributed by atoms with E-state index in [-0.39, 0.29) is 17.9 Å². The van der Waals surface area contributed by atoms with Crippen LogP contribution in [0.15, 0.2) is 18.2 Å². The first kappa shape index (κ1) is 17.8. The number of nitrogens with one attached hydrogen (secondary N) is 2. The number of rotatable bonds is 6. The molecule has 128 valence electrons. The van der Waals surface area contributed by atoms with Gasteiger partial charge in [0.1, 0.15) is 5.75 Å². The minimum absolute atomic E-state index is 0.0408. The van der Waals surface area contributed by atoms with Crippen molar-refractivity contribution in [3.63, 3.8) is 0 Å².